The van der Waals surface area contributed by atoms with Gasteiger partial charge in [0.1, 0.15) is 101 Å². The fourth-order valence-corrected chi connectivity index (χ4v) is 15.2. The van der Waals surface area contributed by atoms with Crippen LogP contribution in [0.15, 0.2) is 127 Å². The lowest BCUT2D eigenvalue weighted by Crippen LogP contribution is -2.63. The third-order valence-electron chi connectivity index (χ3n) is 21.0. The number of phenols is 3. The molecule has 7 aromatic carbocycles. The third kappa shape index (κ3) is 20.1. The second kappa shape index (κ2) is 36.9. The zero-order chi connectivity index (χ0) is 88.4. The second-order valence-electron chi connectivity index (χ2n) is 30.2. The van der Waals surface area contributed by atoms with E-state index in [0.717, 1.165) is 91.0 Å². The van der Waals surface area contributed by atoms with Crippen molar-refractivity contribution in [2.45, 2.75) is 169 Å². The number of carbonyl (C=O) groups excluding carboxylic acids is 8. The van der Waals surface area contributed by atoms with Gasteiger partial charge in [-0.2, -0.15) is 0 Å². The van der Waals surface area contributed by atoms with E-state index in [1.807, 2.05) is 0 Å². The summed E-state index contributed by atoms with van der Waals surface area (Å²) in [6.07, 6.45) is -24.9. The molecule has 0 spiro atoms. The summed E-state index contributed by atoms with van der Waals surface area (Å²) in [4.78, 5) is 134. The molecule has 11 bridgehead atoms. The summed E-state index contributed by atoms with van der Waals surface area (Å²) in [5.74, 6) is -18.0. The number of benzene rings is 7. The molecule has 2 fully saturated rings. The van der Waals surface area contributed by atoms with Crippen molar-refractivity contribution in [2.24, 2.45) is 11.7 Å². The number of aliphatic hydroxyl groups excluding tert-OH is 6. The van der Waals surface area contributed by atoms with Crippen molar-refractivity contribution in [3.05, 3.63) is 176 Å². The highest BCUT2D eigenvalue weighted by Crippen LogP contribution is 2.50. The smallest absolute Gasteiger partial charge is 0.508 e. The van der Waals surface area contributed by atoms with Crippen molar-refractivity contribution >= 4 is 82.1 Å². The van der Waals surface area contributed by atoms with Gasteiger partial charge >= 0.3 is 12.3 Å². The maximum absolute atomic E-state index is 16.4. The van der Waals surface area contributed by atoms with E-state index >= 15 is 19.2 Å². The van der Waals surface area contributed by atoms with Crippen LogP contribution in [-0.2, 0) is 59.1 Å². The molecule has 0 radical (unpaired) electrons. The number of aromatic hydroxyl groups is 3. The Bertz CT molecular complexity index is 5190. The fraction of sp³-hybridized carbons (Fsp3) is 0.370. The van der Waals surface area contributed by atoms with Crippen LogP contribution >= 0.6 is 23.2 Å². The van der Waals surface area contributed by atoms with Gasteiger partial charge < -0.3 is 138 Å². The van der Waals surface area contributed by atoms with Gasteiger partial charge in [0.25, 0.3) is 5.91 Å². The second-order valence-corrected chi connectivity index (χ2v) is 31.0. The highest BCUT2D eigenvalue weighted by molar-refractivity contribution is 6.32. The van der Waals surface area contributed by atoms with Gasteiger partial charge in [-0.15, -0.1) is 13.2 Å². The van der Waals surface area contributed by atoms with Gasteiger partial charge in [0.05, 0.1) is 41.3 Å². The highest BCUT2D eigenvalue weighted by atomic mass is 35.5. The number of fused-ring (bicyclic) bond motifs is 15. The number of carbonyl (C=O) groups is 9. The van der Waals surface area contributed by atoms with Crippen molar-refractivity contribution < 1.29 is 141 Å². The number of hydrogen-bond acceptors (Lipinski definition) is 27. The lowest BCUT2D eigenvalue weighted by atomic mass is 9.84. The van der Waals surface area contributed by atoms with Crippen molar-refractivity contribution in [1.29, 1.82) is 0 Å². The van der Waals surface area contributed by atoms with E-state index < -0.39 is 272 Å². The molecule has 8 amide bonds. The summed E-state index contributed by atoms with van der Waals surface area (Å²) in [5.41, 5.74) is 1.90. The number of carboxylic acids is 1. The van der Waals surface area contributed by atoms with Crippen LogP contribution < -0.4 is 72.5 Å². The molecule has 7 aliphatic heterocycles. The summed E-state index contributed by atoms with van der Waals surface area (Å²) < 4.78 is 81.4. The standard InChI is InChI=1S/C81H85Cl2F3N10O26/c1-32(2)19-47(88-5)72(108)95-62-64(102)37-12-17-51(45(82)22-37)117-53-24-39-25-54(69(53)121-79-67(105)66(104)65(103)55(31-97)119-79)118-52-18-13-38(23-46(52)83)68(120-57-29-80(4,70(106)33(3)116-57)89-30-34-7-6-8-40(20-34)90-71(107)35-9-14-42(15-10-35)122-81(84,85)86)63-77(113)94-61(78(114)115)44-26-41(98)27-50(100)58(44)43-21-36(11-16-49(43)99)59(74(110)96-63)93-75(111)60(39)92-73(109)48(28-56(87)101)91-76(62)112/h6-18,20-27,32-33,47-48,55,57,59-68,70,79,88-89,97-100,102-106H,19,28-31H2,1-5H3,(H2,87,101)(H,90,107)(H,91,112)(H,92,109)(H,93,111)(H,94,113)(H,95,108)(H,96,110)(H,114,115)/t33-,47-,48-,55-,57+,59-,60?,61+,62+,63+,64+,65+,66+,67+,68-,70+,79?,80?/m0/s1. The lowest BCUT2D eigenvalue weighted by Gasteiger charge is -2.47. The molecule has 7 aliphatic rings. The molecule has 0 saturated carbocycles. The predicted octanol–water partition coefficient (Wildman–Crippen LogP) is 4.09. The maximum atomic E-state index is 16.4. The molecular formula is C81H85Cl2F3N10O26. The number of carboxylic acid groups (broad SMARTS) is 1. The summed E-state index contributed by atoms with van der Waals surface area (Å²) >= 11 is 14.4. The monoisotopic (exact) mass is 1740 g/mol. The van der Waals surface area contributed by atoms with Crippen LogP contribution in [0, 0.1) is 5.92 Å². The zero-order valence-electron chi connectivity index (χ0n) is 65.0. The number of likely N-dealkylation sites (N-methyl/N-ethyl adjacent to an activating group) is 1. The van der Waals surface area contributed by atoms with Crippen molar-refractivity contribution in [2.75, 3.05) is 19.0 Å². The van der Waals surface area contributed by atoms with Crippen LogP contribution in [0.2, 0.25) is 10.0 Å². The van der Waals surface area contributed by atoms with Gasteiger partial charge in [0.2, 0.25) is 53.4 Å². The summed E-state index contributed by atoms with van der Waals surface area (Å²) in [7, 11) is 1.46. The first-order valence-electron chi connectivity index (χ1n) is 37.9. The van der Waals surface area contributed by atoms with E-state index in [-0.39, 0.29) is 47.0 Å². The predicted molar refractivity (Wildman–Crippen MR) is 419 cm³/mol. The highest BCUT2D eigenvalue weighted by Gasteiger charge is 2.50. The molecule has 7 aromatic rings. The zero-order valence-corrected chi connectivity index (χ0v) is 66.5. The van der Waals surface area contributed by atoms with Crippen molar-refractivity contribution in [3.63, 3.8) is 0 Å². The molecule has 0 aromatic heterocycles. The molecule has 18 atom stereocenters. The van der Waals surface area contributed by atoms with Crippen LogP contribution in [0.5, 0.6) is 51.7 Å². The molecule has 36 nitrogen and oxygen atoms in total. The van der Waals surface area contributed by atoms with Crippen molar-refractivity contribution in [1.82, 2.24) is 42.5 Å². The van der Waals surface area contributed by atoms with Gasteiger partial charge in [0, 0.05) is 52.5 Å². The van der Waals surface area contributed by atoms with Crippen LogP contribution in [0.25, 0.3) is 11.1 Å². The van der Waals surface area contributed by atoms with Gasteiger partial charge in [0.15, 0.2) is 23.8 Å². The molecule has 3 unspecified atom stereocenters. The molecule has 650 valence electrons. The number of primary amides is 1. The average molecular weight is 1740 g/mol. The Morgan fingerprint density at radius 1 is 0.697 bits per heavy atom. The Hall–Kier alpha value is -11.7. The largest absolute Gasteiger partial charge is 0.573 e. The minimum Gasteiger partial charge on any atom is -0.508 e. The minimum atomic E-state index is -4.99. The van der Waals surface area contributed by atoms with Crippen molar-refractivity contribution in [3.8, 4) is 62.9 Å². The first-order valence-corrected chi connectivity index (χ1v) is 38.6. The Morgan fingerprint density at radius 3 is 1.97 bits per heavy atom. The number of halogens is 5. The van der Waals surface area contributed by atoms with E-state index in [9.17, 15) is 88.2 Å². The summed E-state index contributed by atoms with van der Waals surface area (Å²) in [6, 6.07) is 9.26. The van der Waals surface area contributed by atoms with Crippen LogP contribution in [0.1, 0.15) is 121 Å². The van der Waals surface area contributed by atoms with Gasteiger partial charge in [-0.1, -0.05) is 67.4 Å². The number of rotatable bonds is 19. The fourth-order valence-electron chi connectivity index (χ4n) is 14.7. The topological polar surface area (TPSA) is 555 Å². The number of aliphatic carboxylic acids is 1. The molecule has 41 heteroatoms. The Labute approximate surface area is 701 Å². The average Bonchev–Trinajstić information content (AvgIpc) is 0.779. The molecule has 2 saturated heterocycles. The molecule has 21 N–H and O–H groups in total. The number of aliphatic hydroxyl groups is 6. The minimum absolute atomic E-state index is 0.0331. The Balaban J connectivity index is 1.03. The van der Waals surface area contributed by atoms with Crippen LogP contribution in [0.4, 0.5) is 18.9 Å². The summed E-state index contributed by atoms with van der Waals surface area (Å²) in [5, 5.41) is 137. The first-order chi connectivity index (χ1) is 57.7. The van der Waals surface area contributed by atoms with E-state index in [0.29, 0.717) is 5.56 Å². The number of hydrogen-bond donors (Lipinski definition) is 20. The number of nitrogens with two attached hydrogens (primary N) is 1. The molecule has 14 rings (SSSR count). The van der Waals surface area contributed by atoms with E-state index in [4.69, 9.17) is 57.4 Å². The quantitative estimate of drug-likeness (QED) is 0.0542. The number of phenolic OH excluding ortho intramolecular Hbond substituents is 3. The van der Waals surface area contributed by atoms with Gasteiger partial charge in [-0.05, 0) is 152 Å². The number of ether oxygens (including phenoxy) is 7. The number of anilines is 1. The summed E-state index contributed by atoms with van der Waals surface area (Å²) in [6.45, 7) is 5.53. The normalized spacial score (nSPS) is 26.4. The third-order valence-corrected chi connectivity index (χ3v) is 21.5. The molecule has 7 heterocycles. The van der Waals surface area contributed by atoms with E-state index in [1.54, 1.807) is 39.0 Å². The Morgan fingerprint density at radius 2 is 1.34 bits per heavy atom. The van der Waals surface area contributed by atoms with Gasteiger partial charge in [-0.25, -0.2) is 4.79 Å². The van der Waals surface area contributed by atoms with E-state index in [1.165, 1.54) is 32.2 Å². The van der Waals surface area contributed by atoms with Crippen LogP contribution in [-0.4, -0.2) is 203 Å². The number of amides is 8. The van der Waals surface area contributed by atoms with Crippen LogP contribution in [0.3, 0.4) is 0 Å². The molecule has 0 aliphatic carbocycles. The Kier molecular flexibility index (Phi) is 27.1. The lowest BCUT2D eigenvalue weighted by molar-refractivity contribution is -0.277. The maximum Gasteiger partial charge on any atom is 0.573 e. The number of alkyl halides is 3. The molecular weight excluding hydrogens is 1660 g/mol. The van der Waals surface area contributed by atoms with Gasteiger partial charge in [-0.3, -0.25) is 38.4 Å². The van der Waals surface area contributed by atoms with E-state index in [2.05, 4.69) is 52.6 Å². The first kappa shape index (κ1) is 89.6. The number of nitrogens with one attached hydrogen (secondary N) is 9. The SMILES string of the molecule is CN[C@@H](CC(C)C)C(=O)N[C@H]1C(=O)N[C@@H](CC(N)=O)C(=O)NC2C(=O)N[C@@H]3C(=O)N[C@@H](C(=O)N[C@@H](C(=O)O)c4cc(O)cc(O)c4-c4cc3ccc4O)[C@@H](O[C@@H]3CC(C)(NCc4cccc(NC(=O)c5ccc(OC(F)(F)F)cc5)c4)[C@H](O)[C@H](C)O3)c3ccc(c(Cl)c3)Oc3cc2cc(c3OC2O[C@@H](CO)[C@@H](O)[C@@H](O)[C@H]2O)Oc2ccc(cc2Cl)[C@H]1O. The molecule has 122 heavy (non-hydrogen) atoms.